The molecule has 1 heterocycles. The number of carboxylic acids is 1. The van der Waals surface area contributed by atoms with Gasteiger partial charge in [0.1, 0.15) is 17.3 Å². The number of hydrogen-bond acceptors (Lipinski definition) is 4. The highest BCUT2D eigenvalue weighted by atomic mass is 16.5. The first-order chi connectivity index (χ1) is 6.07. The van der Waals surface area contributed by atoms with Gasteiger partial charge < -0.3 is 9.63 Å². The summed E-state index contributed by atoms with van der Waals surface area (Å²) in [6.45, 7) is 3.62. The number of aromatic nitrogens is 1. The second-order valence-corrected chi connectivity index (χ2v) is 2.84. The van der Waals surface area contributed by atoms with Crippen molar-refractivity contribution in [3.8, 4) is 6.07 Å². The monoisotopic (exact) mass is 180 g/mol. The van der Waals surface area contributed by atoms with E-state index in [-0.39, 0.29) is 17.2 Å². The Morgan fingerprint density at radius 3 is 2.69 bits per heavy atom. The Morgan fingerprint density at radius 2 is 2.31 bits per heavy atom. The molecule has 0 amide bonds. The number of carboxylic acid groups (broad SMARTS) is 1. The molecule has 0 atom stereocenters. The topological polar surface area (TPSA) is 87.1 Å². The van der Waals surface area contributed by atoms with Crippen molar-refractivity contribution in [3.63, 3.8) is 0 Å². The number of rotatable bonds is 2. The largest absolute Gasteiger partial charge is 0.475 e. The van der Waals surface area contributed by atoms with Crippen LogP contribution in [0, 0.1) is 11.3 Å². The van der Waals surface area contributed by atoms with E-state index in [1.165, 1.54) is 0 Å². The highest BCUT2D eigenvalue weighted by Gasteiger charge is 2.22. The molecule has 0 aliphatic rings. The van der Waals surface area contributed by atoms with Gasteiger partial charge in [-0.15, -0.1) is 0 Å². The Kier molecular flexibility index (Phi) is 2.33. The normalized spacial score (nSPS) is 10.0. The maximum absolute atomic E-state index is 10.5. The minimum Gasteiger partial charge on any atom is -0.475 e. The molecule has 1 aromatic heterocycles. The van der Waals surface area contributed by atoms with Gasteiger partial charge in [-0.05, 0) is 0 Å². The average molecular weight is 180 g/mol. The predicted molar refractivity (Wildman–Crippen MR) is 42.3 cm³/mol. The molecular formula is C8H8N2O3. The molecule has 0 spiro atoms. The first-order valence-corrected chi connectivity index (χ1v) is 3.71. The van der Waals surface area contributed by atoms with Gasteiger partial charge in [0.2, 0.25) is 0 Å². The molecule has 0 saturated carbocycles. The molecule has 0 aliphatic heterocycles. The molecule has 0 aliphatic carbocycles. The van der Waals surface area contributed by atoms with Gasteiger partial charge in [-0.2, -0.15) is 5.26 Å². The standard InChI is InChI=1S/C8H8N2O3/c1-4(2)6-5(3-9)7(8(11)12)13-10-6/h4H,1-2H3,(H,11,12). The lowest BCUT2D eigenvalue weighted by atomic mass is 10.1. The molecule has 0 bridgehead atoms. The lowest BCUT2D eigenvalue weighted by molar-refractivity contribution is 0.0651. The molecule has 5 heteroatoms. The molecule has 1 N–H and O–H groups in total. The summed E-state index contributed by atoms with van der Waals surface area (Å²) in [4.78, 5) is 10.5. The van der Waals surface area contributed by atoms with E-state index in [1.54, 1.807) is 6.07 Å². The second-order valence-electron chi connectivity index (χ2n) is 2.84. The Hall–Kier alpha value is -1.83. The summed E-state index contributed by atoms with van der Waals surface area (Å²) in [6.07, 6.45) is 0. The van der Waals surface area contributed by atoms with Crippen LogP contribution in [0.3, 0.4) is 0 Å². The molecule has 13 heavy (non-hydrogen) atoms. The van der Waals surface area contributed by atoms with Crippen molar-refractivity contribution in [2.75, 3.05) is 0 Å². The summed E-state index contributed by atoms with van der Waals surface area (Å²) >= 11 is 0. The molecule has 0 fully saturated rings. The van der Waals surface area contributed by atoms with Crippen molar-refractivity contribution >= 4 is 5.97 Å². The summed E-state index contributed by atoms with van der Waals surface area (Å²) < 4.78 is 4.54. The molecule has 1 aromatic rings. The Bertz CT molecular complexity index is 373. The summed E-state index contributed by atoms with van der Waals surface area (Å²) in [5.74, 6) is -1.67. The van der Waals surface area contributed by atoms with Crippen molar-refractivity contribution in [1.82, 2.24) is 5.16 Å². The van der Waals surface area contributed by atoms with Crippen molar-refractivity contribution in [1.29, 1.82) is 5.26 Å². The Labute approximate surface area is 74.6 Å². The summed E-state index contributed by atoms with van der Waals surface area (Å²) in [5, 5.41) is 20.8. The van der Waals surface area contributed by atoms with Crippen molar-refractivity contribution in [2.45, 2.75) is 19.8 Å². The molecule has 0 saturated heterocycles. The van der Waals surface area contributed by atoms with Gasteiger partial charge >= 0.3 is 5.97 Å². The van der Waals surface area contributed by atoms with E-state index in [4.69, 9.17) is 10.4 Å². The quantitative estimate of drug-likeness (QED) is 0.742. The zero-order valence-corrected chi connectivity index (χ0v) is 7.24. The highest BCUT2D eigenvalue weighted by molar-refractivity contribution is 5.87. The molecule has 0 aromatic carbocycles. The van der Waals surface area contributed by atoms with E-state index in [9.17, 15) is 4.79 Å². The third kappa shape index (κ3) is 1.51. The van der Waals surface area contributed by atoms with E-state index >= 15 is 0 Å². The first-order valence-electron chi connectivity index (χ1n) is 3.71. The predicted octanol–water partition coefficient (Wildman–Crippen LogP) is 1.37. The van der Waals surface area contributed by atoms with E-state index in [0.717, 1.165) is 0 Å². The zero-order chi connectivity index (χ0) is 10.0. The minimum absolute atomic E-state index is 0.0162. The van der Waals surface area contributed by atoms with E-state index < -0.39 is 5.97 Å². The minimum atomic E-state index is -1.27. The smallest absolute Gasteiger partial charge is 0.376 e. The summed E-state index contributed by atoms with van der Waals surface area (Å²) in [6, 6.07) is 1.77. The van der Waals surface area contributed by atoms with Crippen LogP contribution in [0.4, 0.5) is 0 Å². The molecule has 68 valence electrons. The Morgan fingerprint density at radius 1 is 1.69 bits per heavy atom. The average Bonchev–Trinajstić information content (AvgIpc) is 2.46. The van der Waals surface area contributed by atoms with Gasteiger partial charge in [0, 0.05) is 5.92 Å². The number of nitriles is 1. The lowest BCUT2D eigenvalue weighted by Crippen LogP contribution is -1.98. The first kappa shape index (κ1) is 9.26. The van der Waals surface area contributed by atoms with Crippen molar-refractivity contribution < 1.29 is 14.4 Å². The fourth-order valence-electron chi connectivity index (χ4n) is 0.951. The van der Waals surface area contributed by atoms with Crippen LogP contribution >= 0.6 is 0 Å². The van der Waals surface area contributed by atoms with Gasteiger partial charge in [0.15, 0.2) is 0 Å². The van der Waals surface area contributed by atoms with Gasteiger partial charge in [-0.25, -0.2) is 4.79 Å². The number of carbonyl (C=O) groups is 1. The van der Waals surface area contributed by atoms with Crippen molar-refractivity contribution in [3.05, 3.63) is 17.0 Å². The highest BCUT2D eigenvalue weighted by Crippen LogP contribution is 2.20. The number of hydrogen-bond donors (Lipinski definition) is 1. The van der Waals surface area contributed by atoms with Crippen LogP contribution in [0.5, 0.6) is 0 Å². The van der Waals surface area contributed by atoms with E-state index in [0.29, 0.717) is 5.69 Å². The molecule has 0 radical (unpaired) electrons. The molecule has 5 nitrogen and oxygen atoms in total. The van der Waals surface area contributed by atoms with Gasteiger partial charge in [0.25, 0.3) is 5.76 Å². The second kappa shape index (κ2) is 3.27. The molecule has 0 unspecified atom stereocenters. The van der Waals surface area contributed by atoms with Crippen LogP contribution in [-0.2, 0) is 0 Å². The number of aromatic carboxylic acids is 1. The van der Waals surface area contributed by atoms with Crippen LogP contribution in [0.25, 0.3) is 0 Å². The maximum Gasteiger partial charge on any atom is 0.376 e. The summed E-state index contributed by atoms with van der Waals surface area (Å²) in [5.41, 5.74) is 0.405. The molecule has 1 rings (SSSR count). The van der Waals surface area contributed by atoms with Crippen LogP contribution in [0.1, 0.15) is 41.6 Å². The summed E-state index contributed by atoms with van der Waals surface area (Å²) in [7, 11) is 0. The Balaban J connectivity index is 3.29. The SMILES string of the molecule is CC(C)c1noc(C(=O)O)c1C#N. The van der Waals surface area contributed by atoms with Gasteiger partial charge in [-0.1, -0.05) is 19.0 Å². The zero-order valence-electron chi connectivity index (χ0n) is 7.24. The van der Waals surface area contributed by atoms with Crippen LogP contribution in [0.15, 0.2) is 4.52 Å². The fourth-order valence-corrected chi connectivity index (χ4v) is 0.951. The van der Waals surface area contributed by atoms with E-state index in [2.05, 4.69) is 9.68 Å². The molecular weight excluding hydrogens is 172 g/mol. The van der Waals surface area contributed by atoms with Crippen LogP contribution in [0.2, 0.25) is 0 Å². The number of nitrogens with zero attached hydrogens (tertiary/aromatic N) is 2. The van der Waals surface area contributed by atoms with Crippen molar-refractivity contribution in [2.24, 2.45) is 0 Å². The van der Waals surface area contributed by atoms with E-state index in [1.807, 2.05) is 13.8 Å². The third-order valence-electron chi connectivity index (χ3n) is 1.57. The van der Waals surface area contributed by atoms with Crippen LogP contribution < -0.4 is 0 Å². The van der Waals surface area contributed by atoms with Crippen LogP contribution in [-0.4, -0.2) is 16.2 Å². The third-order valence-corrected chi connectivity index (χ3v) is 1.57. The lowest BCUT2D eigenvalue weighted by Gasteiger charge is -1.96. The maximum atomic E-state index is 10.5. The van der Waals surface area contributed by atoms with Gasteiger partial charge in [-0.3, -0.25) is 0 Å². The van der Waals surface area contributed by atoms with Gasteiger partial charge in [0.05, 0.1) is 0 Å². The fraction of sp³-hybridized carbons (Fsp3) is 0.375.